The van der Waals surface area contributed by atoms with Crippen molar-refractivity contribution in [2.24, 2.45) is 0 Å². The van der Waals surface area contributed by atoms with Crippen LogP contribution in [0.4, 0.5) is 4.39 Å². The van der Waals surface area contributed by atoms with Gasteiger partial charge in [0, 0.05) is 18.4 Å². The van der Waals surface area contributed by atoms with Crippen LogP contribution in [0.15, 0.2) is 47.5 Å². The first-order chi connectivity index (χ1) is 14.5. The smallest absolute Gasteiger partial charge is 0.261 e. The van der Waals surface area contributed by atoms with Gasteiger partial charge in [0.05, 0.1) is 17.2 Å². The second-order valence-electron chi connectivity index (χ2n) is 7.79. The third-order valence-corrected chi connectivity index (χ3v) is 7.73. The molecular formula is C22H23FN2O5S. The highest BCUT2D eigenvalue weighted by atomic mass is 32.2. The first-order valence-corrected chi connectivity index (χ1v) is 11.5. The van der Waals surface area contributed by atoms with Crippen LogP contribution in [0.25, 0.3) is 22.0 Å². The van der Waals surface area contributed by atoms with Gasteiger partial charge in [-0.3, -0.25) is 14.2 Å². The Morgan fingerprint density at radius 2 is 1.87 bits per heavy atom. The molecule has 0 saturated heterocycles. The van der Waals surface area contributed by atoms with Gasteiger partial charge in [-0.2, -0.15) is 0 Å². The molecule has 0 aliphatic rings. The molecule has 31 heavy (non-hydrogen) atoms. The third kappa shape index (κ3) is 4.28. The second kappa shape index (κ2) is 8.32. The molecule has 0 amide bonds. The fraction of sp³-hybridized carbons (Fsp3) is 0.318. The number of hydrogen-bond acceptors (Lipinski definition) is 6. The molecular weight excluding hydrogens is 423 g/mol. The number of nitrogens with zero attached hydrogens (tertiary/aromatic N) is 2. The number of aliphatic hydroxyl groups excluding tert-OH is 1. The van der Waals surface area contributed by atoms with Gasteiger partial charge in [-0.25, -0.2) is 17.8 Å². The fourth-order valence-corrected chi connectivity index (χ4v) is 4.27. The molecule has 0 aliphatic heterocycles. The average Bonchev–Trinajstić information content (AvgIpc) is 2.72. The first-order valence-electron chi connectivity index (χ1n) is 9.57. The van der Waals surface area contributed by atoms with Gasteiger partial charge in [0.2, 0.25) is 0 Å². The van der Waals surface area contributed by atoms with Crippen molar-refractivity contribution in [1.29, 1.82) is 0 Å². The van der Waals surface area contributed by atoms with Gasteiger partial charge in [-0.1, -0.05) is 29.8 Å². The normalized spacial score (nSPS) is 13.8. The van der Waals surface area contributed by atoms with E-state index in [0.717, 1.165) is 22.5 Å². The highest BCUT2D eigenvalue weighted by molar-refractivity contribution is 7.92. The van der Waals surface area contributed by atoms with E-state index in [1.807, 2.05) is 19.1 Å². The third-order valence-electron chi connectivity index (χ3n) is 5.66. The summed E-state index contributed by atoms with van der Waals surface area (Å²) in [6.45, 7) is 2.07. The van der Waals surface area contributed by atoms with Crippen molar-refractivity contribution in [2.75, 3.05) is 12.9 Å². The number of aliphatic hydroxyl groups is 1. The minimum absolute atomic E-state index is 0.0467. The predicted molar refractivity (Wildman–Crippen MR) is 116 cm³/mol. The molecule has 0 bridgehead atoms. The molecule has 0 saturated carbocycles. The lowest BCUT2D eigenvalue weighted by molar-refractivity contribution is -0.124. The van der Waals surface area contributed by atoms with E-state index in [9.17, 15) is 22.4 Å². The van der Waals surface area contributed by atoms with Gasteiger partial charge in [0.1, 0.15) is 17.2 Å². The maximum absolute atomic E-state index is 14.8. The average molecular weight is 447 g/mol. The van der Waals surface area contributed by atoms with E-state index in [-0.39, 0.29) is 18.4 Å². The van der Waals surface area contributed by atoms with E-state index in [1.165, 1.54) is 19.3 Å². The number of ketones is 1. The van der Waals surface area contributed by atoms with Crippen LogP contribution in [0.2, 0.25) is 0 Å². The summed E-state index contributed by atoms with van der Waals surface area (Å²) < 4.78 is 38.3. The van der Waals surface area contributed by atoms with Crippen LogP contribution in [0.3, 0.4) is 0 Å². The van der Waals surface area contributed by atoms with Crippen LogP contribution >= 0.6 is 0 Å². The van der Waals surface area contributed by atoms with E-state index in [1.54, 1.807) is 12.1 Å². The molecule has 3 aromatic rings. The number of aromatic nitrogens is 2. The molecule has 1 atom stereocenters. The molecule has 164 valence electrons. The maximum Gasteiger partial charge on any atom is 0.261 e. The highest BCUT2D eigenvalue weighted by Gasteiger charge is 2.42. The van der Waals surface area contributed by atoms with E-state index in [0.29, 0.717) is 16.6 Å². The Balaban J connectivity index is 2.00. The first kappa shape index (κ1) is 22.8. The Hall–Kier alpha value is -2.91. The second-order valence-corrected chi connectivity index (χ2v) is 10.2. The molecule has 9 heteroatoms. The minimum atomic E-state index is -3.85. The van der Waals surface area contributed by atoms with Gasteiger partial charge in [0.25, 0.3) is 5.56 Å². The zero-order valence-corrected chi connectivity index (χ0v) is 18.2. The Labute approximate surface area is 179 Å². The summed E-state index contributed by atoms with van der Waals surface area (Å²) in [5.74, 6) is -1.44. The monoisotopic (exact) mass is 446 g/mol. The lowest BCUT2D eigenvalue weighted by Crippen LogP contribution is -2.46. The van der Waals surface area contributed by atoms with Crippen molar-refractivity contribution in [3.8, 4) is 11.1 Å². The fourth-order valence-electron chi connectivity index (χ4n) is 3.33. The molecule has 1 N–H and O–H groups in total. The molecule has 0 fully saturated rings. The largest absolute Gasteiger partial charge is 0.389 e. The summed E-state index contributed by atoms with van der Waals surface area (Å²) in [4.78, 5) is 29.1. The molecule has 3 rings (SSSR count). The topological polar surface area (TPSA) is 106 Å². The summed E-state index contributed by atoms with van der Waals surface area (Å²) >= 11 is 0. The van der Waals surface area contributed by atoms with Crippen molar-refractivity contribution in [3.05, 3.63) is 64.5 Å². The number of rotatable bonds is 7. The van der Waals surface area contributed by atoms with Gasteiger partial charge < -0.3 is 5.11 Å². The summed E-state index contributed by atoms with van der Waals surface area (Å²) in [5, 5.41) is 9.20. The summed E-state index contributed by atoms with van der Waals surface area (Å²) in [5.41, 5.74) is 1.76. The SMILES string of the molecule is Cc1ccc(-c2cc3ncn(CC[C@](C)(C(=O)CO)S(C)(=O)=O)c(=O)c3cc2F)cc1. The number of halogens is 1. The van der Waals surface area contributed by atoms with Crippen molar-refractivity contribution in [3.63, 3.8) is 0 Å². The van der Waals surface area contributed by atoms with Crippen LogP contribution in [0.1, 0.15) is 18.9 Å². The molecule has 7 nitrogen and oxygen atoms in total. The Morgan fingerprint density at radius 3 is 2.45 bits per heavy atom. The van der Waals surface area contributed by atoms with Crippen LogP contribution in [0.5, 0.6) is 0 Å². The lowest BCUT2D eigenvalue weighted by atomic mass is 10.0. The van der Waals surface area contributed by atoms with Crippen LogP contribution < -0.4 is 5.56 Å². The zero-order chi connectivity index (χ0) is 23.0. The van der Waals surface area contributed by atoms with Gasteiger partial charge in [0.15, 0.2) is 15.6 Å². The van der Waals surface area contributed by atoms with Gasteiger partial charge in [-0.15, -0.1) is 0 Å². The number of Topliss-reactive ketones (excluding diaryl/α,β-unsaturated/α-hetero) is 1. The van der Waals surface area contributed by atoms with Gasteiger partial charge >= 0.3 is 0 Å². The molecule has 1 aromatic heterocycles. The molecule has 0 spiro atoms. The summed E-state index contributed by atoms with van der Waals surface area (Å²) in [7, 11) is -3.85. The number of benzene rings is 2. The number of carbonyl (C=O) groups excluding carboxylic acids is 1. The molecule has 0 radical (unpaired) electrons. The van der Waals surface area contributed by atoms with Crippen molar-refractivity contribution in [2.45, 2.75) is 31.6 Å². The summed E-state index contributed by atoms with van der Waals surface area (Å²) in [6.07, 6.45) is 1.92. The van der Waals surface area contributed by atoms with Gasteiger partial charge in [-0.05, 0) is 38.0 Å². The number of carbonyl (C=O) groups is 1. The van der Waals surface area contributed by atoms with Crippen LogP contribution in [0, 0.1) is 12.7 Å². The standard InChI is InChI=1S/C22H23FN2O5S/c1-14-4-6-15(7-5-14)16-11-19-17(10-18(16)23)21(28)25(13-24-19)9-8-22(2,20(27)12-26)31(3,29)30/h4-7,10-11,13,26H,8-9,12H2,1-3H3/t22-/m1/s1. The molecule has 0 aliphatic carbocycles. The number of hydrogen-bond donors (Lipinski definition) is 1. The van der Waals surface area contributed by atoms with E-state index < -0.39 is 38.4 Å². The van der Waals surface area contributed by atoms with E-state index in [2.05, 4.69) is 4.98 Å². The minimum Gasteiger partial charge on any atom is -0.389 e. The number of sulfone groups is 1. The Morgan fingerprint density at radius 1 is 1.23 bits per heavy atom. The number of fused-ring (bicyclic) bond motifs is 1. The predicted octanol–water partition coefficient (Wildman–Crippen LogP) is 2.27. The zero-order valence-electron chi connectivity index (χ0n) is 17.4. The van der Waals surface area contributed by atoms with Crippen LogP contribution in [-0.2, 0) is 21.2 Å². The molecule has 2 aromatic carbocycles. The van der Waals surface area contributed by atoms with E-state index in [4.69, 9.17) is 5.11 Å². The Kier molecular flexibility index (Phi) is 6.11. The van der Waals surface area contributed by atoms with Crippen molar-refractivity contribution >= 4 is 26.5 Å². The summed E-state index contributed by atoms with van der Waals surface area (Å²) in [6, 6.07) is 9.89. The maximum atomic E-state index is 14.8. The van der Waals surface area contributed by atoms with Crippen molar-refractivity contribution in [1.82, 2.24) is 9.55 Å². The highest BCUT2D eigenvalue weighted by Crippen LogP contribution is 2.27. The van der Waals surface area contributed by atoms with Crippen molar-refractivity contribution < 1.29 is 22.7 Å². The lowest BCUT2D eigenvalue weighted by Gasteiger charge is -2.25. The number of aryl methyl sites for hydroxylation is 2. The molecule has 0 unspecified atom stereocenters. The Bertz CT molecular complexity index is 1320. The molecule has 1 heterocycles. The van der Waals surface area contributed by atoms with E-state index >= 15 is 0 Å². The quantitative estimate of drug-likeness (QED) is 0.597. The van der Waals surface area contributed by atoms with Crippen LogP contribution in [-0.4, -0.2) is 46.5 Å².